The molecule has 0 aliphatic rings. The average molecular weight is 400 g/mol. The molecule has 2 aromatic carbocycles. The Morgan fingerprint density at radius 2 is 1.75 bits per heavy atom. The highest BCUT2D eigenvalue weighted by Gasteiger charge is 2.13. The molecule has 3 N–H and O–H groups in total. The van der Waals surface area contributed by atoms with Gasteiger partial charge in [0.2, 0.25) is 0 Å². The van der Waals surface area contributed by atoms with Crippen molar-refractivity contribution in [2.45, 2.75) is 19.5 Å². The highest BCUT2D eigenvalue weighted by molar-refractivity contribution is 6.30. The fraction of sp³-hybridized carbons (Fsp3) is 0.333. The molecule has 0 saturated heterocycles. The zero-order chi connectivity index (χ0) is 19.6. The van der Waals surface area contributed by atoms with E-state index in [2.05, 4.69) is 22.8 Å². The summed E-state index contributed by atoms with van der Waals surface area (Å²) in [6.45, 7) is 3.78. The number of rotatable bonds is 11. The molecule has 7 heteroatoms. The van der Waals surface area contributed by atoms with Gasteiger partial charge >= 0.3 is 0 Å². The van der Waals surface area contributed by atoms with Crippen molar-refractivity contribution in [1.29, 1.82) is 0 Å². The average Bonchev–Trinajstić information content (AvgIpc) is 3.10. The maximum atomic E-state index is 8.78. The third kappa shape index (κ3) is 6.14. The molecule has 0 fully saturated rings. The molecule has 0 aliphatic carbocycles. The van der Waals surface area contributed by atoms with Gasteiger partial charge < -0.3 is 15.7 Å². The number of halogens is 1. The Morgan fingerprint density at radius 1 is 0.929 bits per heavy atom. The maximum absolute atomic E-state index is 8.78. The summed E-state index contributed by atoms with van der Waals surface area (Å²) < 4.78 is 0. The Morgan fingerprint density at radius 3 is 2.54 bits per heavy atom. The van der Waals surface area contributed by atoms with Gasteiger partial charge in [-0.25, -0.2) is 0 Å². The van der Waals surface area contributed by atoms with Crippen LogP contribution in [0.4, 0.5) is 0 Å². The lowest BCUT2D eigenvalue weighted by Gasteiger charge is -2.05. The molecule has 0 amide bonds. The van der Waals surface area contributed by atoms with Crippen molar-refractivity contribution in [1.82, 2.24) is 25.6 Å². The molecule has 148 valence electrons. The normalized spacial score (nSPS) is 11.1. The van der Waals surface area contributed by atoms with E-state index >= 15 is 0 Å². The summed E-state index contributed by atoms with van der Waals surface area (Å²) >= 11 is 6.09. The van der Waals surface area contributed by atoms with E-state index in [4.69, 9.17) is 26.9 Å². The van der Waals surface area contributed by atoms with Gasteiger partial charge in [-0.15, -0.1) is 0 Å². The minimum absolute atomic E-state index is 0.170. The SMILES string of the molecule is OCCNCCCNCc1nn(Cc2cccc(Cl)c2)nc1-c1ccccc1. The fourth-order valence-corrected chi connectivity index (χ4v) is 3.15. The summed E-state index contributed by atoms with van der Waals surface area (Å²) in [6.07, 6.45) is 0.983. The summed E-state index contributed by atoms with van der Waals surface area (Å²) in [5, 5.41) is 25.5. The molecule has 1 aromatic heterocycles. The zero-order valence-corrected chi connectivity index (χ0v) is 16.6. The van der Waals surface area contributed by atoms with Crippen molar-refractivity contribution in [3.8, 4) is 11.3 Å². The maximum Gasteiger partial charge on any atom is 0.117 e. The topological polar surface area (TPSA) is 75.0 Å². The van der Waals surface area contributed by atoms with Crippen LogP contribution in [0, 0.1) is 0 Å². The molecule has 0 atom stereocenters. The Hall–Kier alpha value is -2.25. The van der Waals surface area contributed by atoms with Crippen LogP contribution >= 0.6 is 11.6 Å². The second-order valence-electron chi connectivity index (χ2n) is 6.53. The number of aliphatic hydroxyl groups is 1. The molecule has 0 aliphatic heterocycles. The molecule has 0 spiro atoms. The Balaban J connectivity index is 1.67. The van der Waals surface area contributed by atoms with Crippen LogP contribution < -0.4 is 10.6 Å². The number of benzene rings is 2. The van der Waals surface area contributed by atoms with Gasteiger partial charge in [0.05, 0.1) is 13.2 Å². The number of aromatic nitrogens is 3. The van der Waals surface area contributed by atoms with E-state index in [1.807, 2.05) is 42.5 Å². The van der Waals surface area contributed by atoms with E-state index in [0.29, 0.717) is 24.7 Å². The van der Waals surface area contributed by atoms with Crippen molar-refractivity contribution in [3.63, 3.8) is 0 Å². The van der Waals surface area contributed by atoms with Gasteiger partial charge in [-0.05, 0) is 37.2 Å². The first-order valence-electron chi connectivity index (χ1n) is 9.52. The Kier molecular flexibility index (Phi) is 7.99. The highest BCUT2D eigenvalue weighted by Crippen LogP contribution is 2.20. The van der Waals surface area contributed by atoms with Gasteiger partial charge in [-0.1, -0.05) is 54.1 Å². The van der Waals surface area contributed by atoms with Crippen molar-refractivity contribution in [3.05, 3.63) is 70.9 Å². The van der Waals surface area contributed by atoms with Gasteiger partial charge in [-0.2, -0.15) is 15.0 Å². The van der Waals surface area contributed by atoms with E-state index in [1.54, 1.807) is 4.80 Å². The molecule has 0 bridgehead atoms. The molecule has 3 rings (SSSR count). The third-order valence-corrected chi connectivity index (χ3v) is 4.51. The van der Waals surface area contributed by atoms with Gasteiger partial charge in [0.25, 0.3) is 0 Å². The molecule has 0 unspecified atom stereocenters. The molecule has 3 aromatic rings. The summed E-state index contributed by atoms with van der Waals surface area (Å²) in [5.41, 5.74) is 3.95. The number of hydrogen-bond donors (Lipinski definition) is 3. The fourth-order valence-electron chi connectivity index (χ4n) is 2.94. The molecule has 0 radical (unpaired) electrons. The van der Waals surface area contributed by atoms with Crippen molar-refractivity contribution in [2.75, 3.05) is 26.2 Å². The van der Waals surface area contributed by atoms with Crippen LogP contribution in [0.15, 0.2) is 54.6 Å². The van der Waals surface area contributed by atoms with E-state index < -0.39 is 0 Å². The minimum Gasteiger partial charge on any atom is -0.395 e. The number of nitrogens with one attached hydrogen (secondary N) is 2. The molecule has 0 saturated carbocycles. The standard InChI is InChI=1S/C21H26ClN5O/c22-19-9-4-6-17(14-19)16-27-25-20(15-24-11-5-10-23-12-13-28)21(26-27)18-7-2-1-3-8-18/h1-4,6-9,14,23-24,28H,5,10-13,15-16H2. The molecule has 28 heavy (non-hydrogen) atoms. The van der Waals surface area contributed by atoms with Crippen LogP contribution in [0.2, 0.25) is 5.02 Å². The zero-order valence-electron chi connectivity index (χ0n) is 15.8. The van der Waals surface area contributed by atoms with Crippen LogP contribution in [0.5, 0.6) is 0 Å². The predicted octanol–water partition coefficient (Wildman–Crippen LogP) is 2.71. The summed E-state index contributed by atoms with van der Waals surface area (Å²) in [4.78, 5) is 1.73. The number of nitrogens with zero attached hydrogens (tertiary/aromatic N) is 3. The monoisotopic (exact) mass is 399 g/mol. The van der Waals surface area contributed by atoms with Crippen molar-refractivity contribution in [2.24, 2.45) is 0 Å². The molecule has 6 nitrogen and oxygen atoms in total. The Bertz CT molecular complexity index is 853. The number of hydrogen-bond acceptors (Lipinski definition) is 5. The number of aliphatic hydroxyl groups excluding tert-OH is 1. The van der Waals surface area contributed by atoms with Crippen molar-refractivity contribution < 1.29 is 5.11 Å². The first-order valence-corrected chi connectivity index (χ1v) is 9.90. The van der Waals surface area contributed by atoms with Crippen LogP contribution in [-0.4, -0.2) is 46.3 Å². The second-order valence-corrected chi connectivity index (χ2v) is 6.96. The Labute approximate surface area is 170 Å². The van der Waals surface area contributed by atoms with Gasteiger partial charge in [0, 0.05) is 23.7 Å². The summed E-state index contributed by atoms with van der Waals surface area (Å²) in [7, 11) is 0. The minimum atomic E-state index is 0.170. The van der Waals surface area contributed by atoms with Crippen LogP contribution in [0.3, 0.4) is 0 Å². The van der Waals surface area contributed by atoms with E-state index in [-0.39, 0.29) is 6.61 Å². The van der Waals surface area contributed by atoms with Crippen LogP contribution in [-0.2, 0) is 13.1 Å². The molecular formula is C21H26ClN5O. The lowest BCUT2D eigenvalue weighted by molar-refractivity contribution is 0.292. The van der Waals surface area contributed by atoms with Crippen LogP contribution in [0.1, 0.15) is 17.7 Å². The molecule has 1 heterocycles. The summed E-state index contributed by atoms with van der Waals surface area (Å²) in [5.74, 6) is 0. The molecular weight excluding hydrogens is 374 g/mol. The van der Waals surface area contributed by atoms with E-state index in [9.17, 15) is 0 Å². The van der Waals surface area contributed by atoms with Crippen LogP contribution in [0.25, 0.3) is 11.3 Å². The quantitative estimate of drug-likeness (QED) is 0.432. The van der Waals surface area contributed by atoms with E-state index in [0.717, 1.165) is 42.0 Å². The third-order valence-electron chi connectivity index (χ3n) is 4.27. The first kappa shape index (κ1) is 20.5. The lowest BCUT2D eigenvalue weighted by atomic mass is 10.1. The van der Waals surface area contributed by atoms with Gasteiger partial charge in [-0.3, -0.25) is 0 Å². The lowest BCUT2D eigenvalue weighted by Crippen LogP contribution is -2.24. The largest absolute Gasteiger partial charge is 0.395 e. The van der Waals surface area contributed by atoms with Gasteiger partial charge in [0.15, 0.2) is 0 Å². The van der Waals surface area contributed by atoms with Crippen molar-refractivity contribution >= 4 is 11.6 Å². The van der Waals surface area contributed by atoms with Gasteiger partial charge in [0.1, 0.15) is 11.4 Å². The predicted molar refractivity (Wildman–Crippen MR) is 112 cm³/mol. The first-order chi connectivity index (χ1) is 13.8. The highest BCUT2D eigenvalue weighted by atomic mass is 35.5. The van der Waals surface area contributed by atoms with E-state index in [1.165, 1.54) is 0 Å². The summed E-state index contributed by atoms with van der Waals surface area (Å²) in [6, 6.07) is 17.9. The smallest absolute Gasteiger partial charge is 0.117 e. The second kappa shape index (κ2) is 10.9.